The van der Waals surface area contributed by atoms with Gasteiger partial charge in [0.1, 0.15) is 5.82 Å². The largest absolute Gasteiger partial charge is 0.207 e. The number of hydrogen-bond acceptors (Lipinski definition) is 0. The molecule has 2 fully saturated rings. The number of aryl methyl sites for hydroxylation is 1. The van der Waals surface area contributed by atoms with Crippen molar-refractivity contribution in [2.45, 2.75) is 95.7 Å². The molecule has 2 aromatic carbocycles. The first-order chi connectivity index (χ1) is 15.7. The molecule has 0 nitrogen and oxygen atoms in total. The first-order valence-electron chi connectivity index (χ1n) is 13.6. The zero-order chi connectivity index (χ0) is 22.2. The summed E-state index contributed by atoms with van der Waals surface area (Å²) in [5.74, 6) is 2.89. The zero-order valence-electron chi connectivity index (χ0n) is 20.2. The SMILES string of the molecule is CCCCC[SiH]1CCC([C@H]2CC[C@H](CCc3ccc(-c4ccc(F)cc4)cc3)CC2)CC1. The minimum absolute atomic E-state index is 0.169. The molecule has 1 saturated carbocycles. The summed E-state index contributed by atoms with van der Waals surface area (Å²) < 4.78 is 13.1. The molecule has 0 unspecified atom stereocenters. The van der Waals surface area contributed by atoms with Crippen molar-refractivity contribution in [1.29, 1.82) is 0 Å². The summed E-state index contributed by atoms with van der Waals surface area (Å²) in [6.07, 6.45) is 16.0. The van der Waals surface area contributed by atoms with E-state index in [0.29, 0.717) is 0 Å². The average molecular weight is 451 g/mol. The molecule has 0 bridgehead atoms. The van der Waals surface area contributed by atoms with E-state index in [4.69, 9.17) is 0 Å². The van der Waals surface area contributed by atoms with Crippen LogP contribution in [0.1, 0.15) is 76.7 Å². The summed E-state index contributed by atoms with van der Waals surface area (Å²) in [6, 6.07) is 20.7. The van der Waals surface area contributed by atoms with Crippen LogP contribution in [0.2, 0.25) is 18.1 Å². The normalized spacial score (nSPS) is 26.2. The second-order valence-corrected chi connectivity index (χ2v) is 14.3. The minimum Gasteiger partial charge on any atom is -0.207 e. The second kappa shape index (κ2) is 12.2. The maximum absolute atomic E-state index is 13.1. The predicted molar refractivity (Wildman–Crippen MR) is 139 cm³/mol. The maximum Gasteiger partial charge on any atom is 0.123 e. The number of benzene rings is 2. The first kappa shape index (κ1) is 23.7. The molecule has 2 aliphatic rings. The minimum atomic E-state index is -0.352. The maximum atomic E-state index is 13.1. The standard InChI is InChI=1S/C30H43FSi/c1-2-3-4-21-32-22-19-29(20-23-32)27-13-9-25(10-14-27)6-5-24-7-11-26(12-8-24)28-15-17-30(31)18-16-28/h7-8,11-12,15-18,25,27,29,32H,2-6,9-10,13-14,19-23H2,1H3/t25-,27-,29?,32?. The smallest absolute Gasteiger partial charge is 0.123 e. The van der Waals surface area contributed by atoms with Gasteiger partial charge in [0.15, 0.2) is 0 Å². The van der Waals surface area contributed by atoms with E-state index in [1.54, 1.807) is 43.1 Å². The molecule has 1 aliphatic carbocycles. The van der Waals surface area contributed by atoms with Crippen molar-refractivity contribution < 1.29 is 4.39 Å². The van der Waals surface area contributed by atoms with Crippen molar-refractivity contribution >= 4 is 8.80 Å². The van der Waals surface area contributed by atoms with E-state index in [2.05, 4.69) is 31.2 Å². The highest BCUT2D eigenvalue weighted by atomic mass is 28.3. The highest BCUT2D eigenvalue weighted by molar-refractivity contribution is 6.58. The Bertz CT molecular complexity index is 781. The van der Waals surface area contributed by atoms with Gasteiger partial charge in [0.2, 0.25) is 0 Å². The highest BCUT2D eigenvalue weighted by Crippen LogP contribution is 2.42. The van der Waals surface area contributed by atoms with Crippen LogP contribution in [0.4, 0.5) is 4.39 Å². The molecule has 2 aromatic rings. The Labute approximate surface area is 197 Å². The summed E-state index contributed by atoms with van der Waals surface area (Å²) in [7, 11) is -0.352. The van der Waals surface area contributed by atoms with Gasteiger partial charge in [0.25, 0.3) is 0 Å². The molecule has 0 aromatic heterocycles. The molecular weight excluding hydrogens is 407 g/mol. The van der Waals surface area contributed by atoms with Gasteiger partial charge in [-0.05, 0) is 72.3 Å². The van der Waals surface area contributed by atoms with Crippen LogP contribution in [-0.4, -0.2) is 8.80 Å². The number of halogens is 1. The third-order valence-corrected chi connectivity index (χ3v) is 12.2. The van der Waals surface area contributed by atoms with Gasteiger partial charge < -0.3 is 0 Å². The molecule has 32 heavy (non-hydrogen) atoms. The second-order valence-electron chi connectivity index (χ2n) is 10.8. The van der Waals surface area contributed by atoms with Crippen molar-refractivity contribution in [2.24, 2.45) is 17.8 Å². The van der Waals surface area contributed by atoms with Crippen LogP contribution in [0, 0.1) is 23.6 Å². The summed E-state index contributed by atoms with van der Waals surface area (Å²) in [6.45, 7) is 2.33. The van der Waals surface area contributed by atoms with Crippen molar-refractivity contribution in [3.63, 3.8) is 0 Å². The van der Waals surface area contributed by atoms with E-state index in [1.807, 2.05) is 12.1 Å². The van der Waals surface area contributed by atoms with E-state index in [-0.39, 0.29) is 14.6 Å². The van der Waals surface area contributed by atoms with E-state index in [1.165, 1.54) is 68.9 Å². The fraction of sp³-hybridized carbons (Fsp3) is 0.600. The fourth-order valence-corrected chi connectivity index (χ4v) is 9.99. The van der Waals surface area contributed by atoms with Crippen LogP contribution in [0.3, 0.4) is 0 Å². The molecule has 4 rings (SSSR count). The summed E-state index contributed by atoms with van der Waals surface area (Å²) in [5, 5.41) is 0. The highest BCUT2D eigenvalue weighted by Gasteiger charge is 2.30. The third-order valence-electron chi connectivity index (χ3n) is 8.64. The van der Waals surface area contributed by atoms with Crippen LogP contribution in [0.5, 0.6) is 0 Å². The topological polar surface area (TPSA) is 0 Å². The first-order valence-corrected chi connectivity index (χ1v) is 16.0. The lowest BCUT2D eigenvalue weighted by molar-refractivity contribution is 0.186. The van der Waals surface area contributed by atoms with Crippen LogP contribution in [-0.2, 0) is 6.42 Å². The summed E-state index contributed by atoms with van der Waals surface area (Å²) in [5.41, 5.74) is 3.72. The Hall–Kier alpha value is -1.41. The monoisotopic (exact) mass is 450 g/mol. The van der Waals surface area contributed by atoms with E-state index in [9.17, 15) is 4.39 Å². The van der Waals surface area contributed by atoms with E-state index in [0.717, 1.165) is 23.3 Å². The van der Waals surface area contributed by atoms with Crippen molar-refractivity contribution in [2.75, 3.05) is 0 Å². The van der Waals surface area contributed by atoms with Crippen LogP contribution in [0.25, 0.3) is 11.1 Å². The molecule has 0 spiro atoms. The summed E-state index contributed by atoms with van der Waals surface area (Å²) >= 11 is 0. The van der Waals surface area contributed by atoms with Crippen molar-refractivity contribution in [3.05, 3.63) is 59.9 Å². The molecule has 1 aliphatic heterocycles. The molecule has 2 heteroatoms. The van der Waals surface area contributed by atoms with Gasteiger partial charge in [-0.2, -0.15) is 0 Å². The van der Waals surface area contributed by atoms with Gasteiger partial charge in [-0.25, -0.2) is 4.39 Å². The number of unbranched alkanes of at least 4 members (excludes halogenated alkanes) is 2. The lowest BCUT2D eigenvalue weighted by Crippen LogP contribution is -2.28. The van der Waals surface area contributed by atoms with Gasteiger partial charge in [-0.1, -0.05) is 106 Å². The van der Waals surface area contributed by atoms with Crippen molar-refractivity contribution in [1.82, 2.24) is 0 Å². The predicted octanol–water partition coefficient (Wildman–Crippen LogP) is 9.06. The Morgan fingerprint density at radius 2 is 1.34 bits per heavy atom. The van der Waals surface area contributed by atoms with Gasteiger partial charge >= 0.3 is 0 Å². The molecular formula is C30H43FSi. The number of hydrogen-bond donors (Lipinski definition) is 0. The summed E-state index contributed by atoms with van der Waals surface area (Å²) in [4.78, 5) is 0. The van der Waals surface area contributed by atoms with Gasteiger partial charge in [-0.3, -0.25) is 0 Å². The van der Waals surface area contributed by atoms with Gasteiger partial charge in [-0.15, -0.1) is 0 Å². The molecule has 0 amide bonds. The van der Waals surface area contributed by atoms with E-state index >= 15 is 0 Å². The molecule has 1 heterocycles. The molecule has 174 valence electrons. The van der Waals surface area contributed by atoms with Gasteiger partial charge in [0, 0.05) is 8.80 Å². The molecule has 0 radical (unpaired) electrons. The Balaban J connectivity index is 1.15. The third kappa shape index (κ3) is 6.79. The van der Waals surface area contributed by atoms with Crippen LogP contribution >= 0.6 is 0 Å². The molecule has 0 atom stereocenters. The number of rotatable bonds is 9. The lowest BCUT2D eigenvalue weighted by Gasteiger charge is -2.37. The zero-order valence-corrected chi connectivity index (χ0v) is 21.4. The average Bonchev–Trinajstić information content (AvgIpc) is 2.85. The Kier molecular flexibility index (Phi) is 9.02. The van der Waals surface area contributed by atoms with Crippen LogP contribution in [0.15, 0.2) is 48.5 Å². The fourth-order valence-electron chi connectivity index (χ4n) is 6.46. The lowest BCUT2D eigenvalue weighted by atomic mass is 9.73. The van der Waals surface area contributed by atoms with E-state index < -0.39 is 0 Å². The van der Waals surface area contributed by atoms with Gasteiger partial charge in [0.05, 0.1) is 0 Å². The Morgan fingerprint density at radius 1 is 0.750 bits per heavy atom. The van der Waals surface area contributed by atoms with Crippen molar-refractivity contribution in [3.8, 4) is 11.1 Å². The molecule has 0 N–H and O–H groups in total. The quantitative estimate of drug-likeness (QED) is 0.264. The Morgan fingerprint density at radius 3 is 1.97 bits per heavy atom. The van der Waals surface area contributed by atoms with Crippen LogP contribution < -0.4 is 0 Å². The molecule has 1 saturated heterocycles.